The van der Waals surface area contributed by atoms with Gasteiger partial charge in [0.25, 0.3) is 5.91 Å². The summed E-state index contributed by atoms with van der Waals surface area (Å²) in [4.78, 5) is 58.5. The number of fused-ring (bicyclic) bond motifs is 2. The van der Waals surface area contributed by atoms with Crippen molar-refractivity contribution in [1.82, 2.24) is 43.7 Å². The number of rotatable bonds is 15. The van der Waals surface area contributed by atoms with Crippen molar-refractivity contribution in [1.29, 1.82) is 0 Å². The Balaban J connectivity index is 0.724. The molecule has 2 saturated heterocycles. The van der Waals surface area contributed by atoms with Crippen LogP contribution in [0.1, 0.15) is 111 Å². The second-order valence-corrected chi connectivity index (χ2v) is 17.7. The fourth-order valence-corrected chi connectivity index (χ4v) is 9.55. The molecule has 4 fully saturated rings. The van der Waals surface area contributed by atoms with Gasteiger partial charge in [0.1, 0.15) is 23.1 Å². The number of carbonyl (C=O) groups is 3. The highest BCUT2D eigenvalue weighted by Crippen LogP contribution is 2.35. The molecule has 0 spiro atoms. The molecule has 2 aliphatic carbocycles. The van der Waals surface area contributed by atoms with Gasteiger partial charge in [-0.25, -0.2) is 14.3 Å². The van der Waals surface area contributed by atoms with E-state index >= 15 is 0 Å². The third-order valence-electron chi connectivity index (χ3n) is 13.2. The molecule has 1 atom stereocenters. The number of carbonyl (C=O) groups excluding carboxylic acids is 3. The van der Waals surface area contributed by atoms with Crippen molar-refractivity contribution in [2.24, 2.45) is 18.9 Å². The minimum atomic E-state index is -0.690. The van der Waals surface area contributed by atoms with E-state index in [1.54, 1.807) is 26.9 Å². The zero-order valence-corrected chi connectivity index (χ0v) is 35.3. The third-order valence-corrected chi connectivity index (χ3v) is 13.2. The fraction of sp³-hybridized carbons (Fsp3) is 0.533. The van der Waals surface area contributed by atoms with Crippen molar-refractivity contribution in [3.8, 4) is 0 Å². The highest BCUT2D eigenvalue weighted by molar-refractivity contribution is 6.09. The largest absolute Gasteiger partial charge is 0.378 e. The van der Waals surface area contributed by atoms with E-state index in [1.807, 2.05) is 48.3 Å². The van der Waals surface area contributed by atoms with Crippen molar-refractivity contribution in [2.45, 2.75) is 102 Å². The van der Waals surface area contributed by atoms with Gasteiger partial charge in [0.2, 0.25) is 11.8 Å². The number of anilines is 2. The lowest BCUT2D eigenvalue weighted by Crippen LogP contribution is -2.44. The lowest BCUT2D eigenvalue weighted by atomic mass is 9.85. The predicted molar refractivity (Wildman–Crippen MR) is 232 cm³/mol. The molecule has 6 heterocycles. The van der Waals surface area contributed by atoms with Gasteiger partial charge in [-0.2, -0.15) is 10.2 Å². The van der Waals surface area contributed by atoms with Crippen LogP contribution in [-0.2, 0) is 27.8 Å². The molecule has 61 heavy (non-hydrogen) atoms. The van der Waals surface area contributed by atoms with Gasteiger partial charge in [0.05, 0.1) is 35.1 Å². The van der Waals surface area contributed by atoms with E-state index in [9.17, 15) is 19.2 Å². The standard InChI is InChI=1S/C45H57N11O5/c1-28(2)40-35(48-43(58)34-25-47-54-22-19-38(49-42(34)54)46-24-29-9-10-29)27-55(51-40)32-13-11-30(12-14-32)26-53-20-17-33(18-21-53)61-23-5-7-31-6-4-8-36-41(31)52(3)45(60)56(36)37-15-16-39(57)50-44(37)59/h4,6,8,19,22,25,27,29-30,32-33,37H,1,5,7,9-18,20-21,23-24,26H2,2-3H3,(H,46,49)(H,48,58)(H,50,57,59)/t30-,32-,37?. The Kier molecular flexibility index (Phi) is 11.6. The minimum Gasteiger partial charge on any atom is -0.378 e. The highest BCUT2D eigenvalue weighted by atomic mass is 16.5. The van der Waals surface area contributed by atoms with Crippen LogP contribution < -0.4 is 21.6 Å². The lowest BCUT2D eigenvalue weighted by molar-refractivity contribution is -0.135. The van der Waals surface area contributed by atoms with Crippen LogP contribution in [0.3, 0.4) is 0 Å². The van der Waals surface area contributed by atoms with Gasteiger partial charge in [-0.3, -0.25) is 33.5 Å². The molecule has 16 heteroatoms. The van der Waals surface area contributed by atoms with Crippen molar-refractivity contribution in [3.63, 3.8) is 0 Å². The minimum absolute atomic E-state index is 0.219. The molecule has 2 aliphatic heterocycles. The summed E-state index contributed by atoms with van der Waals surface area (Å²) < 4.78 is 13.2. The van der Waals surface area contributed by atoms with Crippen molar-refractivity contribution < 1.29 is 19.1 Å². The van der Waals surface area contributed by atoms with Crippen LogP contribution in [0.25, 0.3) is 22.3 Å². The van der Waals surface area contributed by atoms with Gasteiger partial charge in [-0.15, -0.1) is 0 Å². The number of ether oxygens (including phenoxy) is 1. The summed E-state index contributed by atoms with van der Waals surface area (Å²) in [6.45, 7) is 10.8. The molecule has 322 valence electrons. The first-order chi connectivity index (χ1) is 29.6. The third kappa shape index (κ3) is 8.78. The van der Waals surface area contributed by atoms with E-state index in [0.717, 1.165) is 106 Å². The van der Waals surface area contributed by atoms with Gasteiger partial charge in [0.15, 0.2) is 5.65 Å². The Labute approximate surface area is 354 Å². The fourth-order valence-electron chi connectivity index (χ4n) is 9.55. The molecule has 1 aromatic carbocycles. The number of likely N-dealkylation sites (tertiary alicyclic amines) is 1. The molecule has 0 radical (unpaired) electrons. The topological polar surface area (TPSA) is 175 Å². The summed E-state index contributed by atoms with van der Waals surface area (Å²) in [6, 6.07) is 7.31. The number of allylic oxidation sites excluding steroid dienone is 1. The molecule has 5 aromatic rings. The Morgan fingerprint density at radius 2 is 1.79 bits per heavy atom. The maximum atomic E-state index is 13.6. The zero-order valence-electron chi connectivity index (χ0n) is 35.3. The van der Waals surface area contributed by atoms with E-state index < -0.39 is 11.9 Å². The second kappa shape index (κ2) is 17.4. The number of amides is 3. The summed E-state index contributed by atoms with van der Waals surface area (Å²) >= 11 is 0. The molecule has 9 rings (SSSR count). The second-order valence-electron chi connectivity index (χ2n) is 17.7. The number of nitrogens with one attached hydrogen (secondary N) is 3. The number of aromatic nitrogens is 7. The molecule has 4 aromatic heterocycles. The molecule has 3 amide bonds. The number of para-hydroxylation sites is 1. The van der Waals surface area contributed by atoms with Gasteiger partial charge in [0, 0.05) is 58.6 Å². The zero-order chi connectivity index (χ0) is 42.2. The van der Waals surface area contributed by atoms with Gasteiger partial charge in [-0.05, 0) is 113 Å². The first-order valence-corrected chi connectivity index (χ1v) is 22.1. The average Bonchev–Trinajstić information content (AvgIpc) is 3.74. The van der Waals surface area contributed by atoms with Crippen LogP contribution in [0.15, 0.2) is 54.2 Å². The van der Waals surface area contributed by atoms with Crippen LogP contribution in [0.5, 0.6) is 0 Å². The highest BCUT2D eigenvalue weighted by Gasteiger charge is 2.32. The van der Waals surface area contributed by atoms with Gasteiger partial charge >= 0.3 is 5.69 Å². The van der Waals surface area contributed by atoms with Crippen molar-refractivity contribution >= 4 is 51.5 Å². The van der Waals surface area contributed by atoms with Gasteiger partial charge in [-0.1, -0.05) is 18.7 Å². The number of imidazole rings is 1. The first kappa shape index (κ1) is 40.8. The van der Waals surface area contributed by atoms with E-state index in [1.165, 1.54) is 12.8 Å². The Hall–Kier alpha value is -5.61. The predicted octanol–water partition coefficient (Wildman–Crippen LogP) is 5.51. The van der Waals surface area contributed by atoms with Crippen LogP contribution in [0.2, 0.25) is 0 Å². The summed E-state index contributed by atoms with van der Waals surface area (Å²) in [5, 5.41) is 18.2. The van der Waals surface area contributed by atoms with E-state index in [-0.39, 0.29) is 36.1 Å². The van der Waals surface area contributed by atoms with Crippen molar-refractivity contribution in [3.05, 3.63) is 76.7 Å². The molecule has 4 aliphatic rings. The molecular formula is C45H57N11O5. The number of aryl methyl sites for hydroxylation is 2. The van der Waals surface area contributed by atoms with Crippen LogP contribution in [-0.4, -0.2) is 95.0 Å². The summed E-state index contributed by atoms with van der Waals surface area (Å²) in [5.74, 6) is 1.10. The molecule has 2 saturated carbocycles. The molecule has 1 unspecified atom stereocenters. The Morgan fingerprint density at radius 3 is 2.54 bits per heavy atom. The summed E-state index contributed by atoms with van der Waals surface area (Å²) in [6.07, 6.45) is 16.6. The number of benzene rings is 1. The summed E-state index contributed by atoms with van der Waals surface area (Å²) in [5.41, 5.74) is 5.42. The molecule has 16 nitrogen and oxygen atoms in total. The van der Waals surface area contributed by atoms with Crippen LogP contribution >= 0.6 is 0 Å². The maximum Gasteiger partial charge on any atom is 0.329 e. The molecular weight excluding hydrogens is 775 g/mol. The average molecular weight is 832 g/mol. The Morgan fingerprint density at radius 1 is 1.00 bits per heavy atom. The molecule has 3 N–H and O–H groups in total. The SMILES string of the molecule is C=C(C)c1nn([C@H]2CC[C@H](CN3CCC(OCCCc4cccc5c4n(C)c(=O)n5C4CCC(=O)NC4=O)CC3)CC2)cc1NC(=O)c1cnn2ccc(NCC3CC3)nc12. The quantitative estimate of drug-likeness (QED) is 0.0902. The summed E-state index contributed by atoms with van der Waals surface area (Å²) in [7, 11) is 1.75. The maximum absolute atomic E-state index is 13.6. The molecule has 0 bridgehead atoms. The number of hydrogen-bond donors (Lipinski definition) is 3. The first-order valence-electron chi connectivity index (χ1n) is 22.1. The number of nitrogens with zero attached hydrogens (tertiary/aromatic N) is 8. The van der Waals surface area contributed by atoms with Crippen molar-refractivity contribution in [2.75, 3.05) is 43.4 Å². The smallest absolute Gasteiger partial charge is 0.329 e. The van der Waals surface area contributed by atoms with Crippen LogP contribution in [0, 0.1) is 11.8 Å². The monoisotopic (exact) mass is 831 g/mol. The van der Waals surface area contributed by atoms with Gasteiger partial charge < -0.3 is 20.3 Å². The van der Waals surface area contributed by atoms with E-state index in [2.05, 4.69) is 32.5 Å². The van der Waals surface area contributed by atoms with Crippen LogP contribution in [0.4, 0.5) is 11.5 Å². The number of hydrogen-bond acceptors (Lipinski definition) is 10. The normalized spacial score (nSPS) is 21.6. The number of piperidine rings is 2. The number of imide groups is 1. The van der Waals surface area contributed by atoms with E-state index in [0.29, 0.717) is 47.5 Å². The Bertz CT molecular complexity index is 2510. The lowest BCUT2D eigenvalue weighted by Gasteiger charge is -2.36. The van der Waals surface area contributed by atoms with E-state index in [4.69, 9.17) is 14.8 Å².